The number of nitrogens with zero attached hydrogens (tertiary/aromatic N) is 1. The van der Waals surface area contributed by atoms with Crippen LogP contribution in [-0.2, 0) is 0 Å². The second-order valence-corrected chi connectivity index (χ2v) is 9.17. The van der Waals surface area contributed by atoms with Crippen LogP contribution in [0.15, 0.2) is 0 Å². The first-order chi connectivity index (χ1) is 9.22. The molecule has 0 amide bonds. The van der Waals surface area contributed by atoms with E-state index in [4.69, 9.17) is 5.73 Å². The van der Waals surface area contributed by atoms with Gasteiger partial charge in [0.05, 0.1) is 0 Å². The summed E-state index contributed by atoms with van der Waals surface area (Å²) in [4.78, 5) is 2.85. The summed E-state index contributed by atoms with van der Waals surface area (Å²) in [6, 6.07) is 0. The van der Waals surface area contributed by atoms with Crippen LogP contribution in [0.4, 0.5) is 0 Å². The number of thioether (sulfide) groups is 1. The molecule has 108 valence electrons. The van der Waals surface area contributed by atoms with Gasteiger partial charge in [-0.05, 0) is 55.8 Å². The fraction of sp³-hybridized carbons (Fsp3) is 1.00. The van der Waals surface area contributed by atoms with Crippen LogP contribution in [0.5, 0.6) is 0 Å². The fourth-order valence-corrected chi connectivity index (χ4v) is 7.19. The molecule has 1 atom stereocenters. The first-order valence-corrected chi connectivity index (χ1v) is 9.34. The summed E-state index contributed by atoms with van der Waals surface area (Å²) >= 11 is 2.15. The van der Waals surface area contributed by atoms with Gasteiger partial charge in [-0.2, -0.15) is 11.8 Å². The lowest BCUT2D eigenvalue weighted by Crippen LogP contribution is -2.70. The van der Waals surface area contributed by atoms with Gasteiger partial charge in [0.1, 0.15) is 0 Å². The van der Waals surface area contributed by atoms with Crippen LogP contribution in [0.25, 0.3) is 0 Å². The third-order valence-electron chi connectivity index (χ3n) is 6.71. The molecule has 0 aromatic carbocycles. The SMILES string of the molecule is CC1CN(C2(CN)C3CC4CC(C3)CC2C4)CCS1. The van der Waals surface area contributed by atoms with Crippen molar-refractivity contribution < 1.29 is 0 Å². The highest BCUT2D eigenvalue weighted by Crippen LogP contribution is 2.60. The van der Waals surface area contributed by atoms with E-state index in [1.807, 2.05) is 0 Å². The molecule has 4 bridgehead atoms. The Labute approximate surface area is 121 Å². The van der Waals surface area contributed by atoms with Crippen LogP contribution in [0.3, 0.4) is 0 Å². The lowest BCUT2D eigenvalue weighted by Gasteiger charge is -2.65. The van der Waals surface area contributed by atoms with Gasteiger partial charge in [0.15, 0.2) is 0 Å². The van der Waals surface area contributed by atoms with Gasteiger partial charge in [-0.25, -0.2) is 0 Å². The van der Waals surface area contributed by atoms with Crippen molar-refractivity contribution in [2.24, 2.45) is 29.4 Å². The van der Waals surface area contributed by atoms with Gasteiger partial charge in [-0.15, -0.1) is 0 Å². The molecule has 5 fully saturated rings. The van der Waals surface area contributed by atoms with Crippen molar-refractivity contribution in [3.8, 4) is 0 Å². The minimum atomic E-state index is 0.392. The van der Waals surface area contributed by atoms with Crippen molar-refractivity contribution in [2.75, 3.05) is 25.4 Å². The van der Waals surface area contributed by atoms with Crippen LogP contribution < -0.4 is 5.73 Å². The van der Waals surface area contributed by atoms with Gasteiger partial charge in [0.25, 0.3) is 0 Å². The Bertz CT molecular complexity index is 329. The maximum absolute atomic E-state index is 6.42. The van der Waals surface area contributed by atoms with Gasteiger partial charge in [-0.3, -0.25) is 4.90 Å². The van der Waals surface area contributed by atoms with Crippen LogP contribution in [0, 0.1) is 23.7 Å². The highest BCUT2D eigenvalue weighted by atomic mass is 32.2. The molecule has 0 aromatic rings. The number of nitrogens with two attached hydrogens (primary N) is 1. The van der Waals surface area contributed by atoms with Crippen LogP contribution in [0.1, 0.15) is 39.0 Å². The van der Waals surface area contributed by atoms with Crippen LogP contribution >= 0.6 is 11.8 Å². The van der Waals surface area contributed by atoms with Gasteiger partial charge in [-0.1, -0.05) is 6.92 Å². The third kappa shape index (κ3) is 1.84. The van der Waals surface area contributed by atoms with E-state index in [0.717, 1.165) is 35.5 Å². The third-order valence-corrected chi connectivity index (χ3v) is 7.85. The lowest BCUT2D eigenvalue weighted by molar-refractivity contribution is -0.130. The molecule has 19 heavy (non-hydrogen) atoms. The predicted octanol–water partition coefficient (Wildman–Crippen LogP) is 2.58. The first-order valence-electron chi connectivity index (χ1n) is 8.29. The highest BCUT2D eigenvalue weighted by molar-refractivity contribution is 7.99. The molecule has 1 unspecified atom stereocenters. The number of rotatable bonds is 2. The summed E-state index contributed by atoms with van der Waals surface area (Å²) in [5, 5.41) is 0.800. The average Bonchev–Trinajstić information content (AvgIpc) is 2.38. The zero-order chi connectivity index (χ0) is 13.0. The molecule has 4 saturated carbocycles. The Hall–Kier alpha value is 0.270. The van der Waals surface area contributed by atoms with Crippen molar-refractivity contribution in [1.82, 2.24) is 4.90 Å². The normalized spacial score (nSPS) is 53.7. The minimum absolute atomic E-state index is 0.392. The van der Waals surface area contributed by atoms with E-state index in [1.54, 1.807) is 6.42 Å². The van der Waals surface area contributed by atoms with E-state index >= 15 is 0 Å². The highest BCUT2D eigenvalue weighted by Gasteiger charge is 2.59. The van der Waals surface area contributed by atoms with Crippen molar-refractivity contribution in [2.45, 2.75) is 49.8 Å². The molecule has 0 radical (unpaired) electrons. The topological polar surface area (TPSA) is 29.3 Å². The van der Waals surface area contributed by atoms with Gasteiger partial charge >= 0.3 is 0 Å². The summed E-state index contributed by atoms with van der Waals surface area (Å²) < 4.78 is 0. The Morgan fingerprint density at radius 1 is 1.11 bits per heavy atom. The molecule has 2 N–H and O–H groups in total. The average molecular weight is 280 g/mol. The van der Waals surface area contributed by atoms with Crippen LogP contribution in [-0.4, -0.2) is 41.1 Å². The van der Waals surface area contributed by atoms with Crippen molar-refractivity contribution in [3.63, 3.8) is 0 Å². The second-order valence-electron chi connectivity index (χ2n) is 7.63. The van der Waals surface area contributed by atoms with Crippen molar-refractivity contribution in [3.05, 3.63) is 0 Å². The van der Waals surface area contributed by atoms with E-state index in [-0.39, 0.29) is 0 Å². The smallest absolute Gasteiger partial charge is 0.0389 e. The molecule has 2 nitrogen and oxygen atoms in total. The summed E-state index contributed by atoms with van der Waals surface area (Å²) in [7, 11) is 0. The molecule has 0 spiro atoms. The molecule has 1 heterocycles. The number of hydrogen-bond acceptors (Lipinski definition) is 3. The Balaban J connectivity index is 1.65. The quantitative estimate of drug-likeness (QED) is 0.843. The van der Waals surface area contributed by atoms with Crippen molar-refractivity contribution >= 4 is 11.8 Å². The van der Waals surface area contributed by atoms with E-state index in [1.165, 1.54) is 44.5 Å². The van der Waals surface area contributed by atoms with E-state index in [9.17, 15) is 0 Å². The molecule has 5 rings (SSSR count). The largest absolute Gasteiger partial charge is 0.329 e. The van der Waals surface area contributed by atoms with Gasteiger partial charge in [0, 0.05) is 36.2 Å². The van der Waals surface area contributed by atoms with Crippen LogP contribution in [0.2, 0.25) is 0 Å². The van der Waals surface area contributed by atoms with E-state index < -0.39 is 0 Å². The Morgan fingerprint density at radius 2 is 1.74 bits per heavy atom. The molecule has 3 heteroatoms. The second kappa shape index (κ2) is 4.64. The summed E-state index contributed by atoms with van der Waals surface area (Å²) in [6.45, 7) is 5.88. The maximum atomic E-state index is 6.42. The predicted molar refractivity (Wildman–Crippen MR) is 82.3 cm³/mol. The molecule has 4 aliphatic carbocycles. The number of hydrogen-bond donors (Lipinski definition) is 1. The van der Waals surface area contributed by atoms with Gasteiger partial charge in [0.2, 0.25) is 0 Å². The zero-order valence-electron chi connectivity index (χ0n) is 12.2. The van der Waals surface area contributed by atoms with Crippen molar-refractivity contribution in [1.29, 1.82) is 0 Å². The lowest BCUT2D eigenvalue weighted by atomic mass is 9.48. The van der Waals surface area contributed by atoms with E-state index in [2.05, 4.69) is 23.6 Å². The maximum Gasteiger partial charge on any atom is 0.0389 e. The summed E-state index contributed by atoms with van der Waals surface area (Å²) in [6.07, 6.45) is 7.49. The molecular weight excluding hydrogens is 252 g/mol. The molecule has 0 aromatic heterocycles. The zero-order valence-corrected chi connectivity index (χ0v) is 13.0. The molecule has 5 aliphatic rings. The Kier molecular flexibility index (Phi) is 3.17. The first kappa shape index (κ1) is 13.0. The van der Waals surface area contributed by atoms with Gasteiger partial charge < -0.3 is 5.73 Å². The molecule has 1 saturated heterocycles. The standard InChI is InChI=1S/C16H28N2S/c1-11-9-18(2-3-19-11)16(10-17)14-5-12-4-13(7-14)8-15(16)6-12/h11-15H,2-10,17H2,1H3. The van der Waals surface area contributed by atoms with E-state index in [0.29, 0.717) is 5.54 Å². The minimum Gasteiger partial charge on any atom is -0.329 e. The Morgan fingerprint density at radius 3 is 2.26 bits per heavy atom. The fourth-order valence-electron chi connectivity index (χ4n) is 6.18. The summed E-state index contributed by atoms with van der Waals surface area (Å²) in [5.41, 5.74) is 6.81. The monoisotopic (exact) mass is 280 g/mol. The summed E-state index contributed by atoms with van der Waals surface area (Å²) in [5.74, 6) is 5.26. The molecule has 1 aliphatic heterocycles. The molecular formula is C16H28N2S.